The first-order chi connectivity index (χ1) is 41.7. The van der Waals surface area contributed by atoms with E-state index in [1.807, 2.05) is 24.3 Å². The maximum absolute atomic E-state index is 14.5. The van der Waals surface area contributed by atoms with E-state index in [-0.39, 0.29) is 92.7 Å². The molecular weight excluding hydrogens is 1200 g/mol. The molecule has 0 spiro atoms. The SMILES string of the molecule is CC(C)(C)N1CC(C(C)(C)C)(C(C)(C)C)c2cc(C#N)c(Cl)cc21.CC(C)(C)N1CC(C(C)(C)C)(C(C)(C)C)c2cc(Cl)c(C#N)cc21.CC(C)(C)N1CC(C(C)(C)C)(C(C)(C)C)c2cc(F)c(C#N)cc21.Cc1ccc2c(c1)N(C(C)(C)C)CC2(C(C)(C)C)C(C)(C)C. The molecule has 4 aromatic carbocycles. The molecule has 0 atom stereocenters. The van der Waals surface area contributed by atoms with E-state index in [9.17, 15) is 20.2 Å². The minimum Gasteiger partial charge on any atom is -0.366 e. The molecule has 0 radical (unpaired) electrons. The fraction of sp³-hybridized carbons (Fsp3) is 0.679. The Hall–Kier alpha value is -4.94. The van der Waals surface area contributed by atoms with Crippen LogP contribution >= 0.6 is 23.2 Å². The maximum atomic E-state index is 14.5. The number of hydrogen-bond acceptors (Lipinski definition) is 7. The second-order valence-corrected chi connectivity index (χ2v) is 41.4. The first-order valence-corrected chi connectivity index (χ1v) is 35.4. The van der Waals surface area contributed by atoms with Crippen LogP contribution in [0.5, 0.6) is 0 Å². The van der Waals surface area contributed by atoms with E-state index in [1.54, 1.807) is 12.1 Å². The molecule has 0 amide bonds. The van der Waals surface area contributed by atoms with Crippen LogP contribution in [0.4, 0.5) is 27.1 Å². The third-order valence-corrected chi connectivity index (χ3v) is 23.5. The zero-order chi connectivity index (χ0) is 73.3. The number of nitrogens with zero attached hydrogens (tertiary/aromatic N) is 7. The molecular formula is C84H128Cl2FN7. The lowest BCUT2D eigenvalue weighted by Gasteiger charge is -2.53. The molecule has 0 saturated heterocycles. The molecule has 7 nitrogen and oxygen atoms in total. The molecule has 4 aliphatic rings. The molecule has 0 unspecified atom stereocenters. The molecule has 4 aromatic rings. The lowest BCUT2D eigenvalue weighted by atomic mass is 9.52. The Balaban J connectivity index is 0.000000227. The van der Waals surface area contributed by atoms with Gasteiger partial charge in [0.15, 0.2) is 0 Å². The van der Waals surface area contributed by atoms with Crippen molar-refractivity contribution in [3.8, 4) is 18.2 Å². The van der Waals surface area contributed by atoms with Crippen LogP contribution in [0.2, 0.25) is 10.0 Å². The van der Waals surface area contributed by atoms with Gasteiger partial charge in [0.25, 0.3) is 0 Å². The first-order valence-electron chi connectivity index (χ1n) is 34.7. The highest BCUT2D eigenvalue weighted by molar-refractivity contribution is 6.32. The van der Waals surface area contributed by atoms with Crippen molar-refractivity contribution >= 4 is 46.0 Å². The van der Waals surface area contributed by atoms with Crippen LogP contribution in [-0.2, 0) is 21.7 Å². The van der Waals surface area contributed by atoms with Crippen molar-refractivity contribution in [1.29, 1.82) is 15.8 Å². The zero-order valence-corrected chi connectivity index (χ0v) is 67.8. The van der Waals surface area contributed by atoms with E-state index in [0.29, 0.717) is 21.2 Å². The summed E-state index contributed by atoms with van der Waals surface area (Å²) in [5.74, 6) is -0.412. The number of halogens is 3. The highest BCUT2D eigenvalue weighted by Gasteiger charge is 2.63. The monoisotopic (exact) mass is 1320 g/mol. The van der Waals surface area contributed by atoms with Crippen LogP contribution in [0.3, 0.4) is 0 Å². The standard InChI is InChI=1S/2C21H31ClN2.C21H31FN2.C21H35N/c1-18(2,3)21(19(4,5)6)13-24(20(7,8)9)17-10-14(12-23)16(22)11-15(17)21;1-18(2,3)21(19(4,5)6)13-24(20(7,8)9)17-11-16(22)14(12-23)10-15(17)21;1-18(2,3)21(19(4,5)6)13-24(20(7,8)9)17-10-14(12-23)16(22)11-15(17)21;1-15-11-12-16-17(13-15)22(20(8,9)10)14-21(16,18(2,3)4)19(5,6)7/h3*10-11H,13H2,1-9H3;11-13H,14H2,1-10H3. The Bertz CT molecular complexity index is 3410. The number of anilines is 4. The molecule has 520 valence electrons. The van der Waals surface area contributed by atoms with E-state index < -0.39 is 5.82 Å². The summed E-state index contributed by atoms with van der Waals surface area (Å²) in [6.07, 6.45) is 0. The van der Waals surface area contributed by atoms with Gasteiger partial charge in [0, 0.05) is 92.7 Å². The number of aryl methyl sites for hydroxylation is 1. The van der Waals surface area contributed by atoms with Gasteiger partial charge in [0.05, 0.1) is 26.7 Å². The predicted molar refractivity (Wildman–Crippen MR) is 405 cm³/mol. The summed E-state index contributed by atoms with van der Waals surface area (Å²) in [6.45, 7) is 88.7. The molecule has 4 heterocycles. The van der Waals surface area contributed by atoms with Crippen LogP contribution < -0.4 is 19.6 Å². The van der Waals surface area contributed by atoms with E-state index in [0.717, 1.165) is 43.1 Å². The van der Waals surface area contributed by atoms with Gasteiger partial charge in [-0.15, -0.1) is 0 Å². The number of hydrogen-bond donors (Lipinski definition) is 0. The first kappa shape index (κ1) is 79.7. The average Bonchev–Trinajstić information content (AvgIpc) is 1.55. The van der Waals surface area contributed by atoms with Crippen molar-refractivity contribution in [1.82, 2.24) is 0 Å². The van der Waals surface area contributed by atoms with Gasteiger partial charge in [0.2, 0.25) is 0 Å². The molecule has 0 fully saturated rings. The summed E-state index contributed by atoms with van der Waals surface area (Å²) in [5.41, 5.74) is 12.8. The third-order valence-electron chi connectivity index (χ3n) is 22.8. The highest BCUT2D eigenvalue weighted by Crippen LogP contribution is 2.65. The summed E-state index contributed by atoms with van der Waals surface area (Å²) in [7, 11) is 0. The molecule has 0 aliphatic carbocycles. The molecule has 0 bridgehead atoms. The minimum absolute atomic E-state index is 0.00944. The zero-order valence-electron chi connectivity index (χ0n) is 66.3. The van der Waals surface area contributed by atoms with Crippen molar-refractivity contribution in [2.45, 2.75) is 300 Å². The van der Waals surface area contributed by atoms with Crippen LogP contribution in [0.1, 0.15) is 294 Å². The van der Waals surface area contributed by atoms with Crippen LogP contribution in [0.15, 0.2) is 54.6 Å². The molecule has 0 saturated carbocycles. The van der Waals surface area contributed by atoms with Gasteiger partial charge in [-0.25, -0.2) is 4.39 Å². The Labute approximate surface area is 584 Å². The van der Waals surface area contributed by atoms with E-state index in [1.165, 1.54) is 33.6 Å². The Morgan fingerprint density at radius 3 is 0.840 bits per heavy atom. The summed E-state index contributed by atoms with van der Waals surface area (Å²) in [4.78, 5) is 9.90. The predicted octanol–water partition coefficient (Wildman–Crippen LogP) is 23.9. The lowest BCUT2D eigenvalue weighted by Crippen LogP contribution is -2.55. The second-order valence-electron chi connectivity index (χ2n) is 40.6. The second kappa shape index (κ2) is 24.8. The molecule has 0 aromatic heterocycles. The summed E-state index contributed by atoms with van der Waals surface area (Å²) >= 11 is 12.9. The van der Waals surface area contributed by atoms with Crippen LogP contribution in [0, 0.1) is 90.1 Å². The van der Waals surface area contributed by atoms with Gasteiger partial charge in [-0.1, -0.05) is 202 Å². The Kier molecular flexibility index (Phi) is 21.0. The summed E-state index contributed by atoms with van der Waals surface area (Å²) in [6, 6.07) is 25.0. The van der Waals surface area contributed by atoms with Crippen molar-refractivity contribution in [3.05, 3.63) is 115 Å². The van der Waals surface area contributed by atoms with Crippen molar-refractivity contribution in [2.24, 2.45) is 43.3 Å². The van der Waals surface area contributed by atoms with Gasteiger partial charge in [0.1, 0.15) is 24.0 Å². The molecule has 0 N–H and O–H groups in total. The summed E-state index contributed by atoms with van der Waals surface area (Å²) in [5, 5.41) is 29.3. The number of fused-ring (bicyclic) bond motifs is 4. The van der Waals surface area contributed by atoms with E-state index in [2.05, 4.69) is 312 Å². The van der Waals surface area contributed by atoms with Crippen molar-refractivity contribution < 1.29 is 4.39 Å². The number of nitriles is 3. The third kappa shape index (κ3) is 13.6. The topological polar surface area (TPSA) is 84.3 Å². The molecule has 8 rings (SSSR count). The van der Waals surface area contributed by atoms with Crippen molar-refractivity contribution in [2.75, 3.05) is 45.8 Å². The van der Waals surface area contributed by atoms with Crippen LogP contribution in [-0.4, -0.2) is 48.3 Å². The Morgan fingerprint density at radius 2 is 0.553 bits per heavy atom. The largest absolute Gasteiger partial charge is 0.366 e. The lowest BCUT2D eigenvalue weighted by molar-refractivity contribution is 0.0631. The normalized spacial score (nSPS) is 17.8. The fourth-order valence-electron chi connectivity index (χ4n) is 18.5. The van der Waals surface area contributed by atoms with Crippen molar-refractivity contribution in [3.63, 3.8) is 0 Å². The molecule has 10 heteroatoms. The van der Waals surface area contributed by atoms with Crippen LogP contribution in [0.25, 0.3) is 0 Å². The average molecular weight is 1330 g/mol. The number of benzene rings is 4. The van der Waals surface area contributed by atoms with Gasteiger partial charge < -0.3 is 19.6 Å². The smallest absolute Gasteiger partial charge is 0.141 e. The number of rotatable bonds is 0. The van der Waals surface area contributed by atoms with Gasteiger partial charge >= 0.3 is 0 Å². The van der Waals surface area contributed by atoms with E-state index in [4.69, 9.17) is 23.2 Å². The fourth-order valence-corrected chi connectivity index (χ4v) is 18.9. The summed E-state index contributed by atoms with van der Waals surface area (Å²) < 4.78 is 14.5. The quantitative estimate of drug-likeness (QED) is 0.173. The van der Waals surface area contributed by atoms with Gasteiger partial charge in [-0.3, -0.25) is 0 Å². The maximum Gasteiger partial charge on any atom is 0.141 e. The van der Waals surface area contributed by atoms with Gasteiger partial charge in [-0.2, -0.15) is 15.8 Å². The minimum atomic E-state index is -0.412. The van der Waals surface area contributed by atoms with Gasteiger partial charge in [-0.05, 0) is 204 Å². The molecule has 4 aliphatic heterocycles. The van der Waals surface area contributed by atoms with E-state index >= 15 is 0 Å². The highest BCUT2D eigenvalue weighted by atomic mass is 35.5. The Morgan fingerprint density at radius 1 is 0.319 bits per heavy atom. The molecule has 94 heavy (non-hydrogen) atoms.